The van der Waals surface area contributed by atoms with Gasteiger partial charge in [0, 0.05) is 23.0 Å². The minimum absolute atomic E-state index is 0.0276. The Morgan fingerprint density at radius 3 is 2.50 bits per heavy atom. The Morgan fingerprint density at radius 1 is 1.18 bits per heavy atom. The molecular formula is C22H25BrFNO3. The third kappa shape index (κ3) is 4.02. The van der Waals surface area contributed by atoms with Crippen LogP contribution in [0.1, 0.15) is 43.0 Å². The van der Waals surface area contributed by atoms with Gasteiger partial charge in [-0.1, -0.05) is 29.8 Å². The van der Waals surface area contributed by atoms with E-state index in [1.807, 2.05) is 26.0 Å². The van der Waals surface area contributed by atoms with Crippen LogP contribution in [0.2, 0.25) is 0 Å². The van der Waals surface area contributed by atoms with Crippen molar-refractivity contribution in [2.24, 2.45) is 5.92 Å². The fourth-order valence-electron chi connectivity index (χ4n) is 3.74. The van der Waals surface area contributed by atoms with Gasteiger partial charge in [-0.05, 0) is 53.8 Å². The molecule has 1 amide bonds. The number of methoxy groups -OCH3 is 2. The molecule has 1 aliphatic rings. The lowest BCUT2D eigenvalue weighted by Gasteiger charge is -2.38. The van der Waals surface area contributed by atoms with Crippen molar-refractivity contribution in [1.29, 1.82) is 0 Å². The van der Waals surface area contributed by atoms with Gasteiger partial charge in [-0.15, -0.1) is 0 Å². The molecule has 0 spiro atoms. The first-order valence-corrected chi connectivity index (χ1v) is 10.1. The molecule has 0 N–H and O–H groups in total. The second kappa shape index (κ2) is 8.52. The average molecular weight is 450 g/mol. The molecular weight excluding hydrogens is 425 g/mol. The standard InChI is InChI=1S/C22H25BrFNO3/c1-13(2)9-21(26)25-8-7-14-10-19(27-3)20(28-4)12-16(14)22(25)17-11-15(23)5-6-18(17)24/h5-6,10-13,22H,7-9H2,1-4H3/t22-/m0/s1. The number of nitrogens with zero attached hydrogens (tertiary/aromatic N) is 1. The van der Waals surface area contributed by atoms with Gasteiger partial charge < -0.3 is 14.4 Å². The lowest BCUT2D eigenvalue weighted by Crippen LogP contribution is -2.41. The summed E-state index contributed by atoms with van der Waals surface area (Å²) in [6, 6.07) is 8.14. The van der Waals surface area contributed by atoms with Crippen LogP contribution in [0.25, 0.3) is 0 Å². The number of benzene rings is 2. The quantitative estimate of drug-likeness (QED) is 0.635. The first-order chi connectivity index (χ1) is 13.3. The molecule has 28 heavy (non-hydrogen) atoms. The van der Waals surface area contributed by atoms with Gasteiger partial charge >= 0.3 is 0 Å². The smallest absolute Gasteiger partial charge is 0.223 e. The number of carbonyl (C=O) groups excluding carboxylic acids is 1. The van der Waals surface area contributed by atoms with E-state index in [1.165, 1.54) is 6.07 Å². The number of hydrogen-bond donors (Lipinski definition) is 0. The normalized spacial score (nSPS) is 16.1. The Balaban J connectivity index is 2.18. The molecule has 3 rings (SSSR count). The maximum Gasteiger partial charge on any atom is 0.223 e. The predicted molar refractivity (Wildman–Crippen MR) is 110 cm³/mol. The number of fused-ring (bicyclic) bond motifs is 1. The summed E-state index contributed by atoms with van der Waals surface area (Å²) in [6.07, 6.45) is 1.11. The van der Waals surface area contributed by atoms with Crippen molar-refractivity contribution < 1.29 is 18.7 Å². The van der Waals surface area contributed by atoms with Crippen molar-refractivity contribution in [1.82, 2.24) is 4.90 Å². The van der Waals surface area contributed by atoms with Crippen molar-refractivity contribution in [3.8, 4) is 11.5 Å². The van der Waals surface area contributed by atoms with E-state index in [1.54, 1.807) is 31.3 Å². The number of rotatable bonds is 5. The Morgan fingerprint density at radius 2 is 1.86 bits per heavy atom. The van der Waals surface area contributed by atoms with Crippen LogP contribution in [0.15, 0.2) is 34.8 Å². The molecule has 150 valence electrons. The largest absolute Gasteiger partial charge is 0.493 e. The van der Waals surface area contributed by atoms with Crippen molar-refractivity contribution in [3.63, 3.8) is 0 Å². The van der Waals surface area contributed by atoms with Gasteiger partial charge in [0.2, 0.25) is 5.91 Å². The fourth-order valence-corrected chi connectivity index (χ4v) is 4.12. The van der Waals surface area contributed by atoms with Crippen LogP contribution in [0.3, 0.4) is 0 Å². The van der Waals surface area contributed by atoms with Gasteiger partial charge in [0.25, 0.3) is 0 Å². The molecule has 1 aliphatic heterocycles. The lowest BCUT2D eigenvalue weighted by molar-refractivity contribution is -0.134. The molecule has 0 bridgehead atoms. The van der Waals surface area contributed by atoms with Crippen LogP contribution in [0, 0.1) is 11.7 Å². The topological polar surface area (TPSA) is 38.8 Å². The molecule has 0 aliphatic carbocycles. The Labute approximate surface area is 173 Å². The molecule has 2 aromatic rings. The minimum Gasteiger partial charge on any atom is -0.493 e. The van der Waals surface area contributed by atoms with E-state index in [2.05, 4.69) is 15.9 Å². The molecule has 0 saturated carbocycles. The summed E-state index contributed by atoms with van der Waals surface area (Å²) in [6.45, 7) is 4.56. The number of ether oxygens (including phenoxy) is 2. The highest BCUT2D eigenvalue weighted by molar-refractivity contribution is 9.10. The van der Waals surface area contributed by atoms with Crippen molar-refractivity contribution in [2.45, 2.75) is 32.7 Å². The summed E-state index contributed by atoms with van der Waals surface area (Å²) in [5.41, 5.74) is 2.38. The van der Waals surface area contributed by atoms with Gasteiger partial charge in [0.05, 0.1) is 20.3 Å². The zero-order chi connectivity index (χ0) is 20.4. The van der Waals surface area contributed by atoms with Gasteiger partial charge in [0.15, 0.2) is 11.5 Å². The van der Waals surface area contributed by atoms with Crippen LogP contribution in [0.4, 0.5) is 4.39 Å². The van der Waals surface area contributed by atoms with Crippen LogP contribution in [-0.2, 0) is 11.2 Å². The van der Waals surface area contributed by atoms with Crippen LogP contribution >= 0.6 is 15.9 Å². The Hall–Kier alpha value is -2.08. The van der Waals surface area contributed by atoms with Crippen molar-refractivity contribution >= 4 is 21.8 Å². The van der Waals surface area contributed by atoms with Gasteiger partial charge in [-0.3, -0.25) is 4.79 Å². The highest BCUT2D eigenvalue weighted by atomic mass is 79.9. The molecule has 0 aromatic heterocycles. The molecule has 0 unspecified atom stereocenters. The van der Waals surface area contributed by atoms with E-state index in [4.69, 9.17) is 9.47 Å². The van der Waals surface area contributed by atoms with E-state index < -0.39 is 6.04 Å². The number of carbonyl (C=O) groups is 1. The fraction of sp³-hybridized carbons (Fsp3) is 0.409. The molecule has 1 heterocycles. The van der Waals surface area contributed by atoms with E-state index in [0.29, 0.717) is 36.4 Å². The second-order valence-corrected chi connectivity index (χ2v) is 8.33. The van der Waals surface area contributed by atoms with Crippen LogP contribution in [-0.4, -0.2) is 31.6 Å². The highest BCUT2D eigenvalue weighted by Gasteiger charge is 2.35. The summed E-state index contributed by atoms with van der Waals surface area (Å²) in [7, 11) is 3.17. The molecule has 4 nitrogen and oxygen atoms in total. The third-order valence-electron chi connectivity index (χ3n) is 5.03. The molecule has 1 atom stereocenters. The molecule has 0 radical (unpaired) electrons. The highest BCUT2D eigenvalue weighted by Crippen LogP contribution is 2.42. The van der Waals surface area contributed by atoms with Gasteiger partial charge in [-0.25, -0.2) is 4.39 Å². The summed E-state index contributed by atoms with van der Waals surface area (Å²) < 4.78 is 26.5. The van der Waals surface area contributed by atoms with Gasteiger partial charge in [-0.2, -0.15) is 0 Å². The lowest BCUT2D eigenvalue weighted by atomic mass is 9.87. The number of amides is 1. The second-order valence-electron chi connectivity index (χ2n) is 7.41. The van der Waals surface area contributed by atoms with Gasteiger partial charge in [0.1, 0.15) is 5.82 Å². The van der Waals surface area contributed by atoms with Crippen LogP contribution in [0.5, 0.6) is 11.5 Å². The van der Waals surface area contributed by atoms with Crippen molar-refractivity contribution in [2.75, 3.05) is 20.8 Å². The maximum absolute atomic E-state index is 14.9. The zero-order valence-electron chi connectivity index (χ0n) is 16.6. The first kappa shape index (κ1) is 20.6. The molecule has 6 heteroatoms. The third-order valence-corrected chi connectivity index (χ3v) is 5.52. The van der Waals surface area contributed by atoms with E-state index >= 15 is 0 Å². The number of halogens is 2. The molecule has 0 saturated heterocycles. The van der Waals surface area contributed by atoms with Crippen molar-refractivity contribution in [3.05, 3.63) is 57.3 Å². The van der Waals surface area contributed by atoms with E-state index in [0.717, 1.165) is 15.6 Å². The van der Waals surface area contributed by atoms with Crippen LogP contribution < -0.4 is 9.47 Å². The first-order valence-electron chi connectivity index (χ1n) is 9.35. The van der Waals surface area contributed by atoms with E-state index in [9.17, 15) is 9.18 Å². The zero-order valence-corrected chi connectivity index (χ0v) is 18.2. The summed E-state index contributed by atoms with van der Waals surface area (Å²) in [4.78, 5) is 14.8. The predicted octanol–water partition coefficient (Wildman–Crippen LogP) is 5.13. The minimum atomic E-state index is -0.507. The Kier molecular flexibility index (Phi) is 6.28. The monoisotopic (exact) mass is 449 g/mol. The summed E-state index contributed by atoms with van der Waals surface area (Å²) in [5.74, 6) is 1.13. The Bertz CT molecular complexity index is 884. The summed E-state index contributed by atoms with van der Waals surface area (Å²) in [5, 5.41) is 0. The average Bonchev–Trinajstić information content (AvgIpc) is 2.67. The SMILES string of the molecule is COc1cc2c(cc1OC)[C@@H](c1cc(Br)ccc1F)N(C(=O)CC(C)C)CC2. The summed E-state index contributed by atoms with van der Waals surface area (Å²) >= 11 is 3.44. The molecule has 2 aromatic carbocycles. The number of hydrogen-bond acceptors (Lipinski definition) is 3. The maximum atomic E-state index is 14.9. The van der Waals surface area contributed by atoms with E-state index in [-0.39, 0.29) is 17.6 Å². The molecule has 0 fully saturated rings.